The Morgan fingerprint density at radius 2 is 2.22 bits per heavy atom. The predicted molar refractivity (Wildman–Crippen MR) is 79.0 cm³/mol. The summed E-state index contributed by atoms with van der Waals surface area (Å²) in [6.45, 7) is 5.11. The van der Waals surface area contributed by atoms with Crippen LogP contribution in [0.15, 0.2) is 28.7 Å². The van der Waals surface area contributed by atoms with E-state index in [1.807, 2.05) is 0 Å². The van der Waals surface area contributed by atoms with E-state index in [2.05, 4.69) is 52.4 Å². The number of ether oxygens (including phenoxy) is 1. The summed E-state index contributed by atoms with van der Waals surface area (Å²) >= 11 is 3.70. The molecule has 1 N–H and O–H groups in total. The molecule has 2 atom stereocenters. The van der Waals surface area contributed by atoms with Crippen molar-refractivity contribution in [1.82, 2.24) is 5.32 Å². The molecule has 0 radical (unpaired) electrons. The maximum absolute atomic E-state index is 5.09. The van der Waals surface area contributed by atoms with Crippen LogP contribution in [0.4, 0.5) is 0 Å². The SMILES string of the molecule is COCCNCC1(c2ccccc2Br)CCC1C. The standard InChI is InChI=1S/C15H22BrNO/c1-12-7-8-15(12,11-17-9-10-18-2)13-5-3-4-6-14(13)16/h3-6,12,17H,7-11H2,1-2H3. The molecule has 2 unspecified atom stereocenters. The van der Waals surface area contributed by atoms with Crippen molar-refractivity contribution >= 4 is 15.9 Å². The van der Waals surface area contributed by atoms with Gasteiger partial charge in [-0.05, 0) is 30.4 Å². The lowest BCUT2D eigenvalue weighted by atomic mass is 9.57. The van der Waals surface area contributed by atoms with Gasteiger partial charge >= 0.3 is 0 Å². The van der Waals surface area contributed by atoms with E-state index in [9.17, 15) is 0 Å². The molecule has 0 amide bonds. The first-order valence-electron chi connectivity index (χ1n) is 6.65. The molecule has 3 heteroatoms. The Balaban J connectivity index is 2.10. The van der Waals surface area contributed by atoms with Gasteiger partial charge in [0.15, 0.2) is 0 Å². The second kappa shape index (κ2) is 6.18. The average molecular weight is 312 g/mol. The fourth-order valence-electron chi connectivity index (χ4n) is 2.89. The highest BCUT2D eigenvalue weighted by atomic mass is 79.9. The van der Waals surface area contributed by atoms with Gasteiger partial charge in [-0.3, -0.25) is 0 Å². The molecule has 1 aliphatic carbocycles. The minimum Gasteiger partial charge on any atom is -0.383 e. The van der Waals surface area contributed by atoms with Crippen LogP contribution in [0, 0.1) is 5.92 Å². The number of methoxy groups -OCH3 is 1. The number of hydrogen-bond acceptors (Lipinski definition) is 2. The fourth-order valence-corrected chi connectivity index (χ4v) is 3.57. The topological polar surface area (TPSA) is 21.3 Å². The van der Waals surface area contributed by atoms with Crippen LogP contribution in [-0.2, 0) is 10.2 Å². The Hall–Kier alpha value is -0.380. The third-order valence-electron chi connectivity index (χ3n) is 4.30. The molecule has 1 fully saturated rings. The Bertz CT molecular complexity index is 396. The molecule has 1 saturated carbocycles. The van der Waals surface area contributed by atoms with E-state index in [0.717, 1.165) is 25.6 Å². The van der Waals surface area contributed by atoms with Crippen molar-refractivity contribution in [1.29, 1.82) is 0 Å². The van der Waals surface area contributed by atoms with Crippen molar-refractivity contribution in [2.24, 2.45) is 5.92 Å². The van der Waals surface area contributed by atoms with Gasteiger partial charge in [-0.15, -0.1) is 0 Å². The zero-order valence-corrected chi connectivity index (χ0v) is 12.8. The molecule has 1 aromatic carbocycles. The maximum atomic E-state index is 5.09. The van der Waals surface area contributed by atoms with Crippen molar-refractivity contribution in [2.45, 2.75) is 25.2 Å². The summed E-state index contributed by atoms with van der Waals surface area (Å²) in [5, 5.41) is 3.54. The van der Waals surface area contributed by atoms with Gasteiger partial charge < -0.3 is 10.1 Å². The molecule has 18 heavy (non-hydrogen) atoms. The molecule has 0 aromatic heterocycles. The summed E-state index contributed by atoms with van der Waals surface area (Å²) in [5.41, 5.74) is 1.75. The number of rotatable bonds is 6. The number of hydrogen-bond donors (Lipinski definition) is 1. The zero-order valence-electron chi connectivity index (χ0n) is 11.2. The third-order valence-corrected chi connectivity index (χ3v) is 4.99. The van der Waals surface area contributed by atoms with E-state index in [4.69, 9.17) is 4.74 Å². The summed E-state index contributed by atoms with van der Waals surface area (Å²) < 4.78 is 6.33. The summed E-state index contributed by atoms with van der Waals surface area (Å²) in [5.74, 6) is 0.742. The van der Waals surface area contributed by atoms with Gasteiger partial charge in [0.25, 0.3) is 0 Å². The first kappa shape index (κ1) is 14.0. The second-order valence-corrected chi connectivity index (χ2v) is 6.10. The van der Waals surface area contributed by atoms with Gasteiger partial charge in [-0.2, -0.15) is 0 Å². The lowest BCUT2D eigenvalue weighted by Crippen LogP contribution is -2.50. The molecular formula is C15H22BrNO. The zero-order chi connectivity index (χ0) is 13.0. The molecule has 2 nitrogen and oxygen atoms in total. The van der Waals surface area contributed by atoms with Crippen molar-refractivity contribution in [3.8, 4) is 0 Å². The van der Waals surface area contributed by atoms with Crippen LogP contribution >= 0.6 is 15.9 Å². The van der Waals surface area contributed by atoms with Crippen molar-refractivity contribution < 1.29 is 4.74 Å². The normalized spacial score (nSPS) is 26.9. The minimum atomic E-state index is 0.299. The van der Waals surface area contributed by atoms with Crippen LogP contribution in [0.1, 0.15) is 25.3 Å². The van der Waals surface area contributed by atoms with Gasteiger partial charge in [0.1, 0.15) is 0 Å². The first-order valence-corrected chi connectivity index (χ1v) is 7.44. The van der Waals surface area contributed by atoms with Crippen molar-refractivity contribution in [2.75, 3.05) is 26.8 Å². The minimum absolute atomic E-state index is 0.299. The maximum Gasteiger partial charge on any atom is 0.0587 e. The number of benzene rings is 1. The third kappa shape index (κ3) is 2.63. The van der Waals surface area contributed by atoms with Crippen LogP contribution in [0.2, 0.25) is 0 Å². The summed E-state index contributed by atoms with van der Waals surface area (Å²) in [6, 6.07) is 8.64. The van der Waals surface area contributed by atoms with Crippen LogP contribution in [0.3, 0.4) is 0 Å². The quantitative estimate of drug-likeness (QED) is 0.813. The predicted octanol–water partition coefficient (Wildman–Crippen LogP) is 3.35. The van der Waals surface area contributed by atoms with E-state index in [-0.39, 0.29) is 0 Å². The Kier molecular flexibility index (Phi) is 4.82. The van der Waals surface area contributed by atoms with Crippen molar-refractivity contribution in [3.63, 3.8) is 0 Å². The lowest BCUT2D eigenvalue weighted by Gasteiger charge is -2.49. The summed E-state index contributed by atoms with van der Waals surface area (Å²) in [6.07, 6.45) is 2.60. The summed E-state index contributed by atoms with van der Waals surface area (Å²) in [4.78, 5) is 0. The second-order valence-electron chi connectivity index (χ2n) is 5.25. The molecule has 100 valence electrons. The highest BCUT2D eigenvalue weighted by Gasteiger charge is 2.45. The highest BCUT2D eigenvalue weighted by Crippen LogP contribution is 2.50. The Morgan fingerprint density at radius 3 is 2.78 bits per heavy atom. The van der Waals surface area contributed by atoms with Crippen LogP contribution in [0.25, 0.3) is 0 Å². The molecular weight excluding hydrogens is 290 g/mol. The molecule has 0 saturated heterocycles. The smallest absolute Gasteiger partial charge is 0.0587 e. The van der Waals surface area contributed by atoms with E-state index < -0.39 is 0 Å². The van der Waals surface area contributed by atoms with Gasteiger partial charge in [-0.1, -0.05) is 41.1 Å². The van der Waals surface area contributed by atoms with E-state index in [1.165, 1.54) is 22.9 Å². The molecule has 1 aliphatic rings. The molecule has 0 heterocycles. The van der Waals surface area contributed by atoms with E-state index >= 15 is 0 Å². The van der Waals surface area contributed by atoms with Crippen molar-refractivity contribution in [3.05, 3.63) is 34.3 Å². The van der Waals surface area contributed by atoms with Gasteiger partial charge in [0, 0.05) is 30.1 Å². The lowest BCUT2D eigenvalue weighted by molar-refractivity contribution is 0.127. The monoisotopic (exact) mass is 311 g/mol. The molecule has 0 aliphatic heterocycles. The largest absolute Gasteiger partial charge is 0.383 e. The number of nitrogens with one attached hydrogen (secondary N) is 1. The van der Waals surface area contributed by atoms with Crippen LogP contribution < -0.4 is 5.32 Å². The summed E-state index contributed by atoms with van der Waals surface area (Å²) in [7, 11) is 1.75. The van der Waals surface area contributed by atoms with Crippen LogP contribution in [-0.4, -0.2) is 26.8 Å². The van der Waals surface area contributed by atoms with E-state index in [1.54, 1.807) is 7.11 Å². The average Bonchev–Trinajstić information content (AvgIpc) is 2.38. The fraction of sp³-hybridized carbons (Fsp3) is 0.600. The Labute approximate surface area is 118 Å². The van der Waals surface area contributed by atoms with E-state index in [0.29, 0.717) is 5.41 Å². The molecule has 0 bridgehead atoms. The van der Waals surface area contributed by atoms with Gasteiger partial charge in [0.2, 0.25) is 0 Å². The van der Waals surface area contributed by atoms with Gasteiger partial charge in [0.05, 0.1) is 6.61 Å². The molecule has 0 spiro atoms. The number of halogens is 1. The first-order chi connectivity index (χ1) is 8.70. The highest BCUT2D eigenvalue weighted by molar-refractivity contribution is 9.10. The van der Waals surface area contributed by atoms with Gasteiger partial charge in [-0.25, -0.2) is 0 Å². The van der Waals surface area contributed by atoms with Crippen LogP contribution in [0.5, 0.6) is 0 Å². The molecule has 2 rings (SSSR count). The Morgan fingerprint density at radius 1 is 1.44 bits per heavy atom. The molecule has 1 aromatic rings.